The van der Waals surface area contributed by atoms with E-state index in [2.05, 4.69) is 10.2 Å². The number of fused-ring (bicyclic) bond motifs is 1. The van der Waals surface area contributed by atoms with Crippen molar-refractivity contribution in [1.29, 1.82) is 0 Å². The molecule has 5 nitrogen and oxygen atoms in total. The predicted molar refractivity (Wildman–Crippen MR) is 75.8 cm³/mol. The third-order valence-corrected chi connectivity index (χ3v) is 3.30. The molecule has 1 amide bonds. The van der Waals surface area contributed by atoms with Gasteiger partial charge in [0.1, 0.15) is 5.82 Å². The highest BCUT2D eigenvalue weighted by atomic mass is 19.1. The number of benzene rings is 1. The van der Waals surface area contributed by atoms with Crippen LogP contribution in [0.3, 0.4) is 0 Å². The molecule has 20 heavy (non-hydrogen) atoms. The summed E-state index contributed by atoms with van der Waals surface area (Å²) in [6.45, 7) is 1.60. The molecule has 0 atom stereocenters. The van der Waals surface area contributed by atoms with E-state index in [-0.39, 0.29) is 5.56 Å². The molecule has 1 aliphatic heterocycles. The average Bonchev–Trinajstić information content (AvgIpc) is 2.64. The molecular formula is C14H18FN3O2. The summed E-state index contributed by atoms with van der Waals surface area (Å²) in [5.41, 5.74) is 0.881. The zero-order valence-electron chi connectivity index (χ0n) is 11.9. The van der Waals surface area contributed by atoms with Crippen LogP contribution in [0.25, 0.3) is 0 Å². The molecule has 108 valence electrons. The summed E-state index contributed by atoms with van der Waals surface area (Å²) in [6.07, 6.45) is 0.894. The highest BCUT2D eigenvalue weighted by Gasteiger charge is 2.29. The topological polar surface area (TPSA) is 52.7 Å². The fourth-order valence-corrected chi connectivity index (χ4v) is 2.19. The Kier molecular flexibility index (Phi) is 4.04. The summed E-state index contributed by atoms with van der Waals surface area (Å²) in [6, 6.07) is 2.65. The van der Waals surface area contributed by atoms with Gasteiger partial charge in [-0.15, -0.1) is 0 Å². The number of ketones is 1. The first-order chi connectivity index (χ1) is 9.40. The maximum Gasteiger partial charge on any atom is 0.296 e. The van der Waals surface area contributed by atoms with Crippen LogP contribution in [-0.4, -0.2) is 50.8 Å². The van der Waals surface area contributed by atoms with E-state index in [4.69, 9.17) is 0 Å². The molecule has 1 N–H and O–H groups in total. The Balaban J connectivity index is 2.15. The molecule has 0 fully saturated rings. The minimum absolute atomic E-state index is 0.109. The molecule has 1 aliphatic rings. The van der Waals surface area contributed by atoms with Crippen molar-refractivity contribution < 1.29 is 14.0 Å². The van der Waals surface area contributed by atoms with Crippen molar-refractivity contribution in [1.82, 2.24) is 4.90 Å². The smallest absolute Gasteiger partial charge is 0.296 e. The number of nitrogens with one attached hydrogen (secondary N) is 1. The van der Waals surface area contributed by atoms with E-state index >= 15 is 0 Å². The average molecular weight is 279 g/mol. The monoisotopic (exact) mass is 279 g/mol. The second-order valence-electron chi connectivity index (χ2n) is 5.21. The Bertz CT molecular complexity index is 558. The van der Waals surface area contributed by atoms with Gasteiger partial charge in [-0.1, -0.05) is 0 Å². The Hall–Kier alpha value is -1.95. The molecule has 0 aliphatic carbocycles. The molecule has 0 saturated heterocycles. The molecule has 0 spiro atoms. The summed E-state index contributed by atoms with van der Waals surface area (Å²) in [5, 5.41) is 2.45. The number of anilines is 2. The van der Waals surface area contributed by atoms with Gasteiger partial charge in [0.15, 0.2) is 0 Å². The lowest BCUT2D eigenvalue weighted by atomic mass is 10.1. The maximum absolute atomic E-state index is 14.0. The summed E-state index contributed by atoms with van der Waals surface area (Å²) < 4.78 is 14.0. The van der Waals surface area contributed by atoms with Gasteiger partial charge < -0.3 is 15.1 Å². The van der Waals surface area contributed by atoms with Gasteiger partial charge in [-0.2, -0.15) is 0 Å². The molecule has 0 radical (unpaired) electrons. The zero-order chi connectivity index (χ0) is 14.9. The lowest BCUT2D eigenvalue weighted by Crippen LogP contribution is -2.24. The lowest BCUT2D eigenvalue weighted by molar-refractivity contribution is -0.112. The fraction of sp³-hybridized carbons (Fsp3) is 0.429. The van der Waals surface area contributed by atoms with Crippen LogP contribution in [-0.2, 0) is 4.79 Å². The Morgan fingerprint density at radius 3 is 2.50 bits per heavy atom. The minimum atomic E-state index is -0.702. The van der Waals surface area contributed by atoms with Crippen LogP contribution in [0.15, 0.2) is 12.1 Å². The second kappa shape index (κ2) is 5.58. The van der Waals surface area contributed by atoms with Crippen molar-refractivity contribution >= 4 is 23.1 Å². The third-order valence-electron chi connectivity index (χ3n) is 3.30. The first-order valence-electron chi connectivity index (χ1n) is 6.45. The number of rotatable bonds is 5. The number of hydrogen-bond donors (Lipinski definition) is 1. The zero-order valence-corrected chi connectivity index (χ0v) is 11.9. The summed E-state index contributed by atoms with van der Waals surface area (Å²) in [7, 11) is 5.76. The standard InChI is InChI=1S/C14H18FN3O2/c1-17(2)5-4-6-18(3)12-8-11-9(7-10(12)15)13(19)14(20)16-11/h7-8H,4-6H2,1-3H3,(H,16,19,20). The maximum atomic E-state index is 14.0. The Morgan fingerprint density at radius 2 is 1.85 bits per heavy atom. The fourth-order valence-electron chi connectivity index (χ4n) is 2.19. The normalized spacial score (nSPS) is 13.7. The van der Waals surface area contributed by atoms with Crippen molar-refractivity contribution in [2.75, 3.05) is 44.4 Å². The van der Waals surface area contributed by atoms with Crippen LogP contribution in [0.5, 0.6) is 0 Å². The molecule has 0 saturated carbocycles. The largest absolute Gasteiger partial charge is 0.372 e. The van der Waals surface area contributed by atoms with E-state index in [0.717, 1.165) is 19.0 Å². The van der Waals surface area contributed by atoms with E-state index in [9.17, 15) is 14.0 Å². The van der Waals surface area contributed by atoms with E-state index in [1.807, 2.05) is 14.1 Å². The van der Waals surface area contributed by atoms with Crippen molar-refractivity contribution in [2.24, 2.45) is 0 Å². The van der Waals surface area contributed by atoms with Crippen molar-refractivity contribution in [3.63, 3.8) is 0 Å². The van der Waals surface area contributed by atoms with Crippen molar-refractivity contribution in [3.8, 4) is 0 Å². The van der Waals surface area contributed by atoms with Gasteiger partial charge in [0.25, 0.3) is 11.7 Å². The number of hydrogen-bond acceptors (Lipinski definition) is 4. The number of Topliss-reactive ketones (excluding diaryl/α,β-unsaturated/α-hetero) is 1. The van der Waals surface area contributed by atoms with Gasteiger partial charge in [0.2, 0.25) is 0 Å². The van der Waals surface area contributed by atoms with Gasteiger partial charge in [-0.05, 0) is 39.2 Å². The van der Waals surface area contributed by atoms with Crippen LogP contribution < -0.4 is 10.2 Å². The SMILES string of the molecule is CN(C)CCCN(C)c1cc2c(cc1F)C(=O)C(=O)N2. The summed E-state index contributed by atoms with van der Waals surface area (Å²) in [4.78, 5) is 26.6. The summed E-state index contributed by atoms with van der Waals surface area (Å²) in [5.74, 6) is -1.87. The van der Waals surface area contributed by atoms with Gasteiger partial charge >= 0.3 is 0 Å². The van der Waals surface area contributed by atoms with Gasteiger partial charge in [-0.3, -0.25) is 9.59 Å². The van der Waals surface area contributed by atoms with Crippen LogP contribution in [0.2, 0.25) is 0 Å². The highest BCUT2D eigenvalue weighted by Crippen LogP contribution is 2.30. The van der Waals surface area contributed by atoms with Crippen molar-refractivity contribution in [3.05, 3.63) is 23.5 Å². The van der Waals surface area contributed by atoms with Gasteiger partial charge in [-0.25, -0.2) is 4.39 Å². The molecule has 1 aromatic rings. The second-order valence-corrected chi connectivity index (χ2v) is 5.21. The van der Waals surface area contributed by atoms with Crippen molar-refractivity contribution in [2.45, 2.75) is 6.42 Å². The highest BCUT2D eigenvalue weighted by molar-refractivity contribution is 6.51. The van der Waals surface area contributed by atoms with Gasteiger partial charge in [0, 0.05) is 13.6 Å². The van der Waals surface area contributed by atoms with E-state index in [1.54, 1.807) is 11.9 Å². The number of carbonyl (C=O) groups is 2. The lowest BCUT2D eigenvalue weighted by Gasteiger charge is -2.21. The van der Waals surface area contributed by atoms with Crippen LogP contribution in [0, 0.1) is 5.82 Å². The molecular weight excluding hydrogens is 261 g/mol. The summed E-state index contributed by atoms with van der Waals surface area (Å²) >= 11 is 0. The number of carbonyl (C=O) groups excluding carboxylic acids is 2. The van der Waals surface area contributed by atoms with E-state index in [1.165, 1.54) is 6.07 Å². The van der Waals surface area contributed by atoms with E-state index in [0.29, 0.717) is 17.9 Å². The first-order valence-corrected chi connectivity index (χ1v) is 6.45. The van der Waals surface area contributed by atoms with Crippen LogP contribution in [0.4, 0.5) is 15.8 Å². The molecule has 0 aromatic heterocycles. The van der Waals surface area contributed by atoms with Gasteiger partial charge in [0.05, 0.1) is 16.9 Å². The van der Waals surface area contributed by atoms with Crippen LogP contribution in [0.1, 0.15) is 16.8 Å². The van der Waals surface area contributed by atoms with E-state index < -0.39 is 17.5 Å². The molecule has 1 heterocycles. The first kappa shape index (κ1) is 14.5. The predicted octanol–water partition coefficient (Wildman–Crippen LogP) is 1.35. The Labute approximate surface area is 117 Å². The molecule has 6 heteroatoms. The minimum Gasteiger partial charge on any atom is -0.372 e. The number of nitrogens with zero attached hydrogens (tertiary/aromatic N) is 2. The van der Waals surface area contributed by atoms with Crippen LogP contribution >= 0.6 is 0 Å². The third kappa shape index (κ3) is 2.80. The number of halogens is 1. The molecule has 2 rings (SSSR count). The quantitative estimate of drug-likeness (QED) is 0.827. The molecule has 1 aromatic carbocycles. The number of amides is 1. The Morgan fingerprint density at radius 1 is 1.15 bits per heavy atom. The molecule has 0 unspecified atom stereocenters. The molecule has 0 bridgehead atoms.